The molecule has 0 spiro atoms. The molecule has 3 aromatic carbocycles. The van der Waals surface area contributed by atoms with Crippen LogP contribution in [0, 0.1) is 0 Å². The molecule has 0 unspecified atom stereocenters. The number of rotatable bonds is 5. The molecule has 0 aliphatic carbocycles. The quantitative estimate of drug-likeness (QED) is 0.505. The molecule has 7 heteroatoms. The molecule has 0 aromatic heterocycles. The molecule has 2 heterocycles. The molecular formula is C25H23ClN2O4. The normalized spacial score (nSPS) is 18.9. The zero-order valence-electron chi connectivity index (χ0n) is 18.0. The zero-order valence-corrected chi connectivity index (χ0v) is 18.8. The minimum atomic E-state index is -0.469. The molecule has 0 amide bonds. The van der Waals surface area contributed by atoms with Crippen molar-refractivity contribution in [1.82, 2.24) is 5.01 Å². The summed E-state index contributed by atoms with van der Waals surface area (Å²) in [5.74, 6) is 2.46. The Morgan fingerprint density at radius 3 is 2.31 bits per heavy atom. The van der Waals surface area contributed by atoms with Crippen LogP contribution in [0.5, 0.6) is 23.0 Å². The molecule has 2 atom stereocenters. The summed E-state index contributed by atoms with van der Waals surface area (Å²) in [5, 5.41) is 7.66. The number of ether oxygens (including phenoxy) is 4. The van der Waals surface area contributed by atoms with Crippen LogP contribution in [-0.2, 0) is 0 Å². The topological polar surface area (TPSA) is 52.5 Å². The van der Waals surface area contributed by atoms with Crippen molar-refractivity contribution in [1.29, 1.82) is 0 Å². The van der Waals surface area contributed by atoms with Crippen molar-refractivity contribution >= 4 is 17.3 Å². The largest absolute Gasteiger partial charge is 0.493 e. The molecule has 6 nitrogen and oxygen atoms in total. The lowest BCUT2D eigenvalue weighted by atomic mass is 9.96. The summed E-state index contributed by atoms with van der Waals surface area (Å²) in [4.78, 5) is 0. The molecule has 0 bridgehead atoms. The zero-order chi connectivity index (χ0) is 22.2. The van der Waals surface area contributed by atoms with Crippen LogP contribution >= 0.6 is 11.6 Å². The Hall–Kier alpha value is -3.38. The monoisotopic (exact) mass is 450 g/mol. The maximum atomic E-state index is 6.45. The summed E-state index contributed by atoms with van der Waals surface area (Å²) in [6, 6.07) is 19.7. The van der Waals surface area contributed by atoms with Crippen molar-refractivity contribution in [3.05, 3.63) is 82.4 Å². The number of hydrogen-bond donors (Lipinski definition) is 0. The van der Waals surface area contributed by atoms with E-state index in [1.54, 1.807) is 21.3 Å². The average Bonchev–Trinajstić information content (AvgIpc) is 3.29. The van der Waals surface area contributed by atoms with Crippen molar-refractivity contribution in [2.24, 2.45) is 5.10 Å². The Balaban J connectivity index is 1.64. The summed E-state index contributed by atoms with van der Waals surface area (Å²) < 4.78 is 23.1. The highest BCUT2D eigenvalue weighted by Gasteiger charge is 2.41. The summed E-state index contributed by atoms with van der Waals surface area (Å²) >= 11 is 6.33. The third kappa shape index (κ3) is 3.41. The lowest BCUT2D eigenvalue weighted by Gasteiger charge is -2.38. The van der Waals surface area contributed by atoms with E-state index in [1.165, 1.54) is 0 Å². The van der Waals surface area contributed by atoms with E-state index >= 15 is 0 Å². The SMILES string of the molecule is COc1cc([C@@H]2Oc3ccc(Cl)cc3[C@H]3CC(c4ccccc4)=NN32)cc(OC)c1OC. The van der Waals surface area contributed by atoms with Gasteiger partial charge in [-0.3, -0.25) is 0 Å². The third-order valence-electron chi connectivity index (χ3n) is 5.83. The first-order valence-electron chi connectivity index (χ1n) is 10.3. The van der Waals surface area contributed by atoms with Crippen molar-refractivity contribution in [2.45, 2.75) is 18.7 Å². The third-order valence-corrected chi connectivity index (χ3v) is 6.07. The van der Waals surface area contributed by atoms with Gasteiger partial charge in [-0.25, -0.2) is 5.01 Å². The standard InChI is InChI=1S/C25H23ClN2O4/c1-29-22-11-16(12-23(30-2)24(22)31-3)25-28-20(18-13-17(26)9-10-21(18)32-25)14-19(27-28)15-7-5-4-6-8-15/h4-13,20,25H,14H2,1-3H3/t20-,25+/m1/s1. The Labute approximate surface area is 191 Å². The smallest absolute Gasteiger partial charge is 0.214 e. The second-order valence-corrected chi connectivity index (χ2v) is 8.06. The maximum Gasteiger partial charge on any atom is 0.214 e. The number of hydrogen-bond acceptors (Lipinski definition) is 6. The van der Waals surface area contributed by atoms with Crippen LogP contribution in [0.4, 0.5) is 0 Å². The number of methoxy groups -OCH3 is 3. The second kappa shape index (κ2) is 8.28. The Kier molecular flexibility index (Phi) is 5.31. The first-order chi connectivity index (χ1) is 15.6. The fourth-order valence-electron chi connectivity index (χ4n) is 4.33. The van der Waals surface area contributed by atoms with Crippen LogP contribution in [0.1, 0.15) is 35.4 Å². The van der Waals surface area contributed by atoms with Gasteiger partial charge in [0.25, 0.3) is 0 Å². The maximum absolute atomic E-state index is 6.45. The molecule has 0 radical (unpaired) electrons. The molecule has 2 aliphatic heterocycles. The molecule has 32 heavy (non-hydrogen) atoms. The lowest BCUT2D eigenvalue weighted by molar-refractivity contribution is -0.0192. The summed E-state index contributed by atoms with van der Waals surface area (Å²) in [6.45, 7) is 0. The molecule has 0 saturated heterocycles. The molecule has 164 valence electrons. The molecule has 3 aromatic rings. The van der Waals surface area contributed by atoms with Crippen molar-refractivity contribution in [2.75, 3.05) is 21.3 Å². The first-order valence-corrected chi connectivity index (χ1v) is 10.7. The highest BCUT2D eigenvalue weighted by Crippen LogP contribution is 2.50. The molecule has 5 rings (SSSR count). The minimum absolute atomic E-state index is 0.00301. The van der Waals surface area contributed by atoms with E-state index in [4.69, 9.17) is 35.6 Å². The fraction of sp³-hybridized carbons (Fsp3) is 0.240. The van der Waals surface area contributed by atoms with Gasteiger partial charge in [0.1, 0.15) is 5.75 Å². The van der Waals surface area contributed by atoms with Gasteiger partial charge in [-0.1, -0.05) is 41.9 Å². The van der Waals surface area contributed by atoms with Crippen LogP contribution in [0.3, 0.4) is 0 Å². The van der Waals surface area contributed by atoms with Gasteiger partial charge in [0.2, 0.25) is 12.0 Å². The predicted octanol–water partition coefficient (Wildman–Crippen LogP) is 5.61. The van der Waals surface area contributed by atoms with Crippen molar-refractivity contribution in [3.8, 4) is 23.0 Å². The highest BCUT2D eigenvalue weighted by atomic mass is 35.5. The lowest BCUT2D eigenvalue weighted by Crippen LogP contribution is -2.33. The Morgan fingerprint density at radius 2 is 1.66 bits per heavy atom. The first kappa shape index (κ1) is 20.5. The summed E-state index contributed by atoms with van der Waals surface area (Å²) in [7, 11) is 4.79. The van der Waals surface area contributed by atoms with E-state index in [2.05, 4.69) is 12.1 Å². The molecule has 0 N–H and O–H groups in total. The molecule has 2 aliphatic rings. The minimum Gasteiger partial charge on any atom is -0.493 e. The van der Waals surface area contributed by atoms with E-state index < -0.39 is 6.23 Å². The van der Waals surface area contributed by atoms with Gasteiger partial charge >= 0.3 is 0 Å². The number of halogens is 1. The predicted molar refractivity (Wildman–Crippen MR) is 123 cm³/mol. The van der Waals surface area contributed by atoms with Crippen LogP contribution < -0.4 is 18.9 Å². The number of benzene rings is 3. The van der Waals surface area contributed by atoms with Gasteiger partial charge in [-0.05, 0) is 35.9 Å². The second-order valence-electron chi connectivity index (χ2n) is 7.62. The van der Waals surface area contributed by atoms with Gasteiger partial charge in [0.15, 0.2) is 11.5 Å². The van der Waals surface area contributed by atoms with Gasteiger partial charge in [-0.2, -0.15) is 5.10 Å². The van der Waals surface area contributed by atoms with Crippen molar-refractivity contribution in [3.63, 3.8) is 0 Å². The Bertz CT molecular complexity index is 1160. The van der Waals surface area contributed by atoms with Gasteiger partial charge in [-0.15, -0.1) is 0 Å². The Morgan fingerprint density at radius 1 is 0.938 bits per heavy atom. The molecule has 0 saturated carbocycles. The van der Waals surface area contributed by atoms with Crippen LogP contribution in [0.25, 0.3) is 0 Å². The summed E-state index contributed by atoms with van der Waals surface area (Å²) in [5.41, 5.74) is 3.97. The van der Waals surface area contributed by atoms with E-state index in [-0.39, 0.29) is 6.04 Å². The average molecular weight is 451 g/mol. The summed E-state index contributed by atoms with van der Waals surface area (Å²) in [6.07, 6.45) is 0.283. The number of nitrogens with zero attached hydrogens (tertiary/aromatic N) is 2. The van der Waals surface area contributed by atoms with Gasteiger partial charge in [0.05, 0.1) is 33.1 Å². The van der Waals surface area contributed by atoms with Crippen molar-refractivity contribution < 1.29 is 18.9 Å². The van der Waals surface area contributed by atoms with E-state index in [1.807, 2.05) is 53.5 Å². The number of fused-ring (bicyclic) bond motifs is 3. The van der Waals surface area contributed by atoms with Crippen LogP contribution in [0.2, 0.25) is 5.02 Å². The highest BCUT2D eigenvalue weighted by molar-refractivity contribution is 6.30. The van der Waals surface area contributed by atoms with Gasteiger partial charge in [0, 0.05) is 22.6 Å². The van der Waals surface area contributed by atoms with Gasteiger partial charge < -0.3 is 18.9 Å². The van der Waals surface area contributed by atoms with E-state index in [0.29, 0.717) is 22.3 Å². The van der Waals surface area contributed by atoms with E-state index in [0.717, 1.165) is 34.6 Å². The fourth-order valence-corrected chi connectivity index (χ4v) is 4.51. The van der Waals surface area contributed by atoms with E-state index in [9.17, 15) is 0 Å². The molecule has 0 fully saturated rings. The molecular weight excluding hydrogens is 428 g/mol. The van der Waals surface area contributed by atoms with Crippen LogP contribution in [0.15, 0.2) is 65.8 Å². The van der Waals surface area contributed by atoms with Crippen LogP contribution in [-0.4, -0.2) is 32.0 Å². The number of hydrazone groups is 1.